The van der Waals surface area contributed by atoms with Gasteiger partial charge in [0.2, 0.25) is 0 Å². The van der Waals surface area contributed by atoms with Crippen molar-refractivity contribution in [3.63, 3.8) is 0 Å². The van der Waals surface area contributed by atoms with Crippen LogP contribution in [0.3, 0.4) is 0 Å². The molecule has 3 aliphatic rings. The number of rotatable bonds is 2. The number of para-hydroxylation sites is 1. The van der Waals surface area contributed by atoms with E-state index in [4.69, 9.17) is 0 Å². The van der Waals surface area contributed by atoms with E-state index in [9.17, 15) is 0 Å². The summed E-state index contributed by atoms with van der Waals surface area (Å²) in [6.07, 6.45) is 6.05. The minimum atomic E-state index is 0.927. The number of nitrogens with zero attached hydrogens (tertiary/aromatic N) is 2. The Morgan fingerprint density at radius 3 is 2.26 bits per heavy atom. The molecule has 1 saturated heterocycles. The molecule has 1 aromatic rings. The predicted octanol–water partition coefficient (Wildman–Crippen LogP) is 3.00. The Hall–Kier alpha value is -1.02. The lowest BCUT2D eigenvalue weighted by Crippen LogP contribution is -2.51. The normalized spacial score (nSPS) is 34.9. The van der Waals surface area contributed by atoms with E-state index in [2.05, 4.69) is 40.1 Å². The van der Waals surface area contributed by atoms with E-state index in [1.807, 2.05) is 0 Å². The predicted molar refractivity (Wildman–Crippen MR) is 79.5 cm³/mol. The van der Waals surface area contributed by atoms with Crippen LogP contribution < -0.4 is 4.90 Å². The van der Waals surface area contributed by atoms with Gasteiger partial charge in [0.05, 0.1) is 0 Å². The molecule has 2 heteroatoms. The summed E-state index contributed by atoms with van der Waals surface area (Å²) in [5, 5.41) is 0. The number of hydrogen-bond acceptors (Lipinski definition) is 2. The van der Waals surface area contributed by atoms with E-state index in [0.717, 1.165) is 17.9 Å². The van der Waals surface area contributed by atoms with Gasteiger partial charge in [-0.3, -0.25) is 4.90 Å². The first-order valence-electron chi connectivity index (χ1n) is 7.94. The zero-order valence-corrected chi connectivity index (χ0v) is 11.7. The summed E-state index contributed by atoms with van der Waals surface area (Å²) < 4.78 is 0. The average Bonchev–Trinajstić information content (AvgIpc) is 3.11. The van der Waals surface area contributed by atoms with Crippen molar-refractivity contribution in [2.45, 2.75) is 31.7 Å². The Balaban J connectivity index is 1.38. The smallest absolute Gasteiger partial charge is 0.0367 e. The fourth-order valence-corrected chi connectivity index (χ4v) is 4.61. The van der Waals surface area contributed by atoms with E-state index < -0.39 is 0 Å². The highest BCUT2D eigenvalue weighted by molar-refractivity contribution is 5.46. The second kappa shape index (κ2) is 4.82. The maximum absolute atomic E-state index is 2.79. The van der Waals surface area contributed by atoms with Crippen molar-refractivity contribution >= 4 is 5.69 Å². The molecular weight excluding hydrogens is 232 g/mol. The molecular formula is C17H24N2. The maximum atomic E-state index is 2.79. The molecule has 1 heterocycles. The molecule has 19 heavy (non-hydrogen) atoms. The van der Waals surface area contributed by atoms with E-state index in [-0.39, 0.29) is 0 Å². The Labute approximate surface area is 116 Å². The van der Waals surface area contributed by atoms with E-state index in [1.165, 1.54) is 57.5 Å². The van der Waals surface area contributed by atoms with Gasteiger partial charge in [-0.2, -0.15) is 0 Å². The first kappa shape index (κ1) is 11.8. The molecule has 3 atom stereocenters. The summed E-state index contributed by atoms with van der Waals surface area (Å²) in [6, 6.07) is 11.8. The third-order valence-corrected chi connectivity index (χ3v) is 5.61. The largest absolute Gasteiger partial charge is 0.369 e. The number of fused-ring (bicyclic) bond motifs is 2. The molecule has 0 amide bonds. The van der Waals surface area contributed by atoms with E-state index in [0.29, 0.717) is 0 Å². The fourth-order valence-electron chi connectivity index (χ4n) is 4.61. The number of hydrogen-bond donors (Lipinski definition) is 0. The highest BCUT2D eigenvalue weighted by Crippen LogP contribution is 2.46. The molecule has 2 bridgehead atoms. The summed E-state index contributed by atoms with van der Waals surface area (Å²) in [5.74, 6) is 2.11. The van der Waals surface area contributed by atoms with Crippen molar-refractivity contribution in [1.29, 1.82) is 0 Å². The van der Waals surface area contributed by atoms with Crippen LogP contribution >= 0.6 is 0 Å². The monoisotopic (exact) mass is 256 g/mol. The van der Waals surface area contributed by atoms with Gasteiger partial charge in [-0.05, 0) is 43.2 Å². The minimum absolute atomic E-state index is 0.927. The number of anilines is 1. The Morgan fingerprint density at radius 2 is 1.63 bits per heavy atom. The third kappa shape index (κ3) is 2.16. The summed E-state index contributed by atoms with van der Waals surface area (Å²) in [6.45, 7) is 4.95. The van der Waals surface area contributed by atoms with Crippen molar-refractivity contribution in [3.8, 4) is 0 Å². The van der Waals surface area contributed by atoms with Crippen LogP contribution in [0.2, 0.25) is 0 Å². The Morgan fingerprint density at radius 1 is 0.842 bits per heavy atom. The molecule has 1 unspecified atom stereocenters. The lowest BCUT2D eigenvalue weighted by atomic mass is 9.93. The second-order valence-electron chi connectivity index (χ2n) is 6.60. The fraction of sp³-hybridized carbons (Fsp3) is 0.647. The number of piperazine rings is 1. The zero-order chi connectivity index (χ0) is 12.7. The molecule has 2 aliphatic carbocycles. The minimum Gasteiger partial charge on any atom is -0.369 e. The molecule has 0 N–H and O–H groups in total. The summed E-state index contributed by atoms with van der Waals surface area (Å²) in [5.41, 5.74) is 1.40. The first-order chi connectivity index (χ1) is 9.40. The Bertz CT molecular complexity index is 422. The third-order valence-electron chi connectivity index (χ3n) is 5.61. The van der Waals surface area contributed by atoms with E-state index in [1.54, 1.807) is 0 Å². The van der Waals surface area contributed by atoms with Gasteiger partial charge in [0.1, 0.15) is 0 Å². The quantitative estimate of drug-likeness (QED) is 0.802. The van der Waals surface area contributed by atoms with Gasteiger partial charge in [0.25, 0.3) is 0 Å². The van der Waals surface area contributed by atoms with Gasteiger partial charge in [0, 0.05) is 37.9 Å². The standard InChI is InChI=1S/C17H24N2/c1-2-4-16(5-3-1)18-8-10-19(11-9-18)17-13-14-6-7-15(17)12-14/h1-5,14-15,17H,6-13H2/t14-,15?,17+/m1/s1. The second-order valence-corrected chi connectivity index (χ2v) is 6.60. The molecule has 1 aliphatic heterocycles. The van der Waals surface area contributed by atoms with Crippen molar-refractivity contribution in [1.82, 2.24) is 4.90 Å². The summed E-state index contributed by atoms with van der Waals surface area (Å²) in [7, 11) is 0. The van der Waals surface area contributed by atoms with Gasteiger partial charge in [-0.1, -0.05) is 24.6 Å². The van der Waals surface area contributed by atoms with Crippen LogP contribution in [-0.2, 0) is 0 Å². The lowest BCUT2D eigenvalue weighted by molar-refractivity contribution is 0.135. The molecule has 3 fully saturated rings. The van der Waals surface area contributed by atoms with Gasteiger partial charge in [-0.15, -0.1) is 0 Å². The van der Waals surface area contributed by atoms with Gasteiger partial charge in [-0.25, -0.2) is 0 Å². The molecule has 0 aromatic heterocycles. The summed E-state index contributed by atoms with van der Waals surface area (Å²) >= 11 is 0. The van der Waals surface area contributed by atoms with Crippen LogP contribution in [0.15, 0.2) is 30.3 Å². The van der Waals surface area contributed by atoms with Gasteiger partial charge >= 0.3 is 0 Å². The lowest BCUT2D eigenvalue weighted by Gasteiger charge is -2.41. The van der Waals surface area contributed by atoms with Crippen LogP contribution in [0.4, 0.5) is 5.69 Å². The first-order valence-corrected chi connectivity index (χ1v) is 7.94. The molecule has 102 valence electrons. The molecule has 0 radical (unpaired) electrons. The van der Waals surface area contributed by atoms with Crippen molar-refractivity contribution in [2.75, 3.05) is 31.1 Å². The van der Waals surface area contributed by atoms with Crippen molar-refractivity contribution < 1.29 is 0 Å². The molecule has 0 spiro atoms. The highest BCUT2D eigenvalue weighted by atomic mass is 15.3. The number of benzene rings is 1. The van der Waals surface area contributed by atoms with E-state index >= 15 is 0 Å². The maximum Gasteiger partial charge on any atom is 0.0367 e. The zero-order valence-electron chi connectivity index (χ0n) is 11.7. The van der Waals surface area contributed by atoms with Crippen LogP contribution in [0, 0.1) is 11.8 Å². The van der Waals surface area contributed by atoms with Crippen LogP contribution in [0.5, 0.6) is 0 Å². The molecule has 2 nitrogen and oxygen atoms in total. The van der Waals surface area contributed by atoms with Crippen molar-refractivity contribution in [3.05, 3.63) is 30.3 Å². The molecule has 4 rings (SSSR count). The topological polar surface area (TPSA) is 6.48 Å². The summed E-state index contributed by atoms with van der Waals surface area (Å²) in [4.78, 5) is 5.34. The Kier molecular flexibility index (Phi) is 2.99. The molecule has 2 saturated carbocycles. The molecule has 1 aromatic carbocycles. The van der Waals surface area contributed by atoms with Gasteiger partial charge in [0.15, 0.2) is 0 Å². The SMILES string of the molecule is c1ccc(N2CCN([C@H]3C[C@@H]4CCC3C4)CC2)cc1. The van der Waals surface area contributed by atoms with Crippen LogP contribution in [-0.4, -0.2) is 37.1 Å². The average molecular weight is 256 g/mol. The van der Waals surface area contributed by atoms with Crippen LogP contribution in [0.1, 0.15) is 25.7 Å². The van der Waals surface area contributed by atoms with Crippen molar-refractivity contribution in [2.24, 2.45) is 11.8 Å². The van der Waals surface area contributed by atoms with Gasteiger partial charge < -0.3 is 4.90 Å². The van der Waals surface area contributed by atoms with Crippen LogP contribution in [0.25, 0.3) is 0 Å². The highest BCUT2D eigenvalue weighted by Gasteiger charge is 2.42.